The summed E-state index contributed by atoms with van der Waals surface area (Å²) in [6.07, 6.45) is 3.43. The molecule has 2 aromatic heterocycles. The summed E-state index contributed by atoms with van der Waals surface area (Å²) >= 11 is 1.61. The first kappa shape index (κ1) is 24.3. The molecule has 0 radical (unpaired) electrons. The van der Waals surface area contributed by atoms with Gasteiger partial charge in [0.1, 0.15) is 0 Å². The zero-order valence-electron chi connectivity index (χ0n) is 20.1. The quantitative estimate of drug-likeness (QED) is 0.256. The van der Waals surface area contributed by atoms with E-state index in [1.165, 1.54) is 11.1 Å². The number of anilines is 1. The lowest BCUT2D eigenvalue weighted by atomic mass is 9.92. The van der Waals surface area contributed by atoms with Crippen molar-refractivity contribution in [1.29, 1.82) is 0 Å². The molecule has 3 rings (SSSR count). The number of nitrogens with zero attached hydrogens (tertiary/aromatic N) is 2. The standard InChI is InChI=1S/C26H35N3O2S/c1-16(2)20-11-10-12-21(17(3)4)23(20)28-22(30)13-8-7-9-14-32-26-29-25-24(31-26)18(5)15-19(6)27-25/h10-12,15-17H,7-9,13-14H2,1-6H3,(H,28,30). The molecule has 1 N–H and O–H groups in total. The van der Waals surface area contributed by atoms with Gasteiger partial charge in [0.25, 0.3) is 5.22 Å². The number of fused-ring (bicyclic) bond motifs is 1. The number of aryl methyl sites for hydroxylation is 2. The zero-order valence-corrected chi connectivity index (χ0v) is 20.9. The number of aromatic nitrogens is 2. The Hall–Kier alpha value is -2.34. The average Bonchev–Trinajstić information content (AvgIpc) is 3.13. The number of benzene rings is 1. The van der Waals surface area contributed by atoms with Crippen LogP contribution in [0, 0.1) is 13.8 Å². The Morgan fingerprint density at radius 2 is 1.72 bits per heavy atom. The van der Waals surface area contributed by atoms with Crippen LogP contribution in [0.2, 0.25) is 0 Å². The van der Waals surface area contributed by atoms with Crippen molar-refractivity contribution in [3.8, 4) is 0 Å². The molecule has 0 spiro atoms. The van der Waals surface area contributed by atoms with E-state index in [9.17, 15) is 4.79 Å². The minimum atomic E-state index is 0.100. The molecule has 0 unspecified atom stereocenters. The van der Waals surface area contributed by atoms with Gasteiger partial charge in [0.05, 0.1) is 0 Å². The van der Waals surface area contributed by atoms with Crippen LogP contribution in [-0.2, 0) is 4.79 Å². The molecule has 0 fully saturated rings. The van der Waals surface area contributed by atoms with Crippen molar-refractivity contribution < 1.29 is 9.21 Å². The normalized spacial score (nSPS) is 11.6. The van der Waals surface area contributed by atoms with E-state index in [0.29, 0.717) is 29.1 Å². The van der Waals surface area contributed by atoms with E-state index in [-0.39, 0.29) is 5.91 Å². The molecule has 1 aromatic carbocycles. The van der Waals surface area contributed by atoms with Crippen LogP contribution in [-0.4, -0.2) is 21.6 Å². The molecule has 172 valence electrons. The number of unbranched alkanes of at least 4 members (excludes halogenated alkanes) is 2. The van der Waals surface area contributed by atoms with Gasteiger partial charge in [0.15, 0.2) is 11.2 Å². The molecule has 2 heterocycles. The highest BCUT2D eigenvalue weighted by molar-refractivity contribution is 7.99. The molecule has 0 aliphatic carbocycles. The highest BCUT2D eigenvalue weighted by Crippen LogP contribution is 2.32. The van der Waals surface area contributed by atoms with Crippen LogP contribution in [0.5, 0.6) is 0 Å². The van der Waals surface area contributed by atoms with Gasteiger partial charge >= 0.3 is 0 Å². The maximum atomic E-state index is 12.6. The van der Waals surface area contributed by atoms with Gasteiger partial charge < -0.3 is 9.73 Å². The number of hydrogen-bond donors (Lipinski definition) is 1. The van der Waals surface area contributed by atoms with E-state index in [0.717, 1.165) is 47.5 Å². The fraction of sp³-hybridized carbons (Fsp3) is 0.500. The number of nitrogens with one attached hydrogen (secondary N) is 1. The monoisotopic (exact) mass is 453 g/mol. The summed E-state index contributed by atoms with van der Waals surface area (Å²) in [7, 11) is 0. The number of carbonyl (C=O) groups excluding carboxylic acids is 1. The van der Waals surface area contributed by atoms with Crippen LogP contribution < -0.4 is 5.32 Å². The highest BCUT2D eigenvalue weighted by atomic mass is 32.2. The molecule has 0 aliphatic heterocycles. The predicted octanol–water partition coefficient (Wildman–Crippen LogP) is 7.38. The first-order valence-corrected chi connectivity index (χ1v) is 12.5. The number of rotatable bonds is 10. The minimum Gasteiger partial charge on any atom is -0.429 e. The average molecular weight is 454 g/mol. The first-order chi connectivity index (χ1) is 15.3. The third-order valence-corrected chi connectivity index (χ3v) is 6.48. The zero-order chi connectivity index (χ0) is 23.3. The van der Waals surface area contributed by atoms with E-state index in [1.807, 2.05) is 19.9 Å². The maximum absolute atomic E-state index is 12.6. The molecule has 1 amide bonds. The predicted molar refractivity (Wildman–Crippen MR) is 134 cm³/mol. The summed E-state index contributed by atoms with van der Waals surface area (Å²) in [5, 5.41) is 3.88. The fourth-order valence-electron chi connectivity index (χ4n) is 3.89. The van der Waals surface area contributed by atoms with Crippen LogP contribution >= 0.6 is 11.8 Å². The maximum Gasteiger partial charge on any atom is 0.258 e. The van der Waals surface area contributed by atoms with Crippen molar-refractivity contribution in [2.75, 3.05) is 11.1 Å². The van der Waals surface area contributed by atoms with Gasteiger partial charge in [-0.2, -0.15) is 4.98 Å². The number of hydrogen-bond acceptors (Lipinski definition) is 5. The van der Waals surface area contributed by atoms with E-state index in [1.54, 1.807) is 11.8 Å². The first-order valence-electron chi connectivity index (χ1n) is 11.6. The van der Waals surface area contributed by atoms with Gasteiger partial charge in [-0.05, 0) is 61.3 Å². The second-order valence-electron chi connectivity index (χ2n) is 9.04. The number of pyridine rings is 1. The number of amides is 1. The summed E-state index contributed by atoms with van der Waals surface area (Å²) in [5.41, 5.74) is 6.90. The molecule has 6 heteroatoms. The Morgan fingerprint density at radius 1 is 1.03 bits per heavy atom. The lowest BCUT2D eigenvalue weighted by Crippen LogP contribution is -2.15. The van der Waals surface area contributed by atoms with Gasteiger partial charge in [-0.3, -0.25) is 4.79 Å². The number of thioether (sulfide) groups is 1. The van der Waals surface area contributed by atoms with Gasteiger partial charge in [0.2, 0.25) is 5.91 Å². The SMILES string of the molecule is Cc1cc(C)c2oc(SCCCCCC(=O)Nc3c(C(C)C)cccc3C(C)C)nc2n1. The van der Waals surface area contributed by atoms with Gasteiger partial charge in [0, 0.05) is 23.6 Å². The second kappa shape index (κ2) is 11.0. The molecule has 32 heavy (non-hydrogen) atoms. The fourth-order valence-corrected chi connectivity index (χ4v) is 4.70. The van der Waals surface area contributed by atoms with Crippen molar-refractivity contribution in [2.24, 2.45) is 0 Å². The number of para-hydroxylation sites is 1. The summed E-state index contributed by atoms with van der Waals surface area (Å²) < 4.78 is 5.85. The molecule has 0 saturated carbocycles. The van der Waals surface area contributed by atoms with E-state index < -0.39 is 0 Å². The molecule has 0 bridgehead atoms. The lowest BCUT2D eigenvalue weighted by Gasteiger charge is -2.20. The van der Waals surface area contributed by atoms with E-state index in [4.69, 9.17) is 4.42 Å². The van der Waals surface area contributed by atoms with Crippen LogP contribution in [0.1, 0.15) is 87.6 Å². The molecule has 0 saturated heterocycles. The van der Waals surface area contributed by atoms with Crippen molar-refractivity contribution in [3.63, 3.8) is 0 Å². The van der Waals surface area contributed by atoms with E-state index in [2.05, 4.69) is 61.2 Å². The molecule has 0 aliphatic rings. The van der Waals surface area contributed by atoms with Crippen molar-refractivity contribution in [2.45, 2.75) is 84.3 Å². The summed E-state index contributed by atoms with van der Waals surface area (Å²) in [4.78, 5) is 21.6. The largest absolute Gasteiger partial charge is 0.429 e. The highest BCUT2D eigenvalue weighted by Gasteiger charge is 2.16. The van der Waals surface area contributed by atoms with Crippen LogP contribution in [0.3, 0.4) is 0 Å². The van der Waals surface area contributed by atoms with Crippen molar-refractivity contribution in [3.05, 3.63) is 46.6 Å². The molecular formula is C26H35N3O2S. The van der Waals surface area contributed by atoms with Gasteiger partial charge in [-0.25, -0.2) is 4.98 Å². The Bertz CT molecular complexity index is 1050. The topological polar surface area (TPSA) is 68.0 Å². The minimum absolute atomic E-state index is 0.100. The molecule has 5 nitrogen and oxygen atoms in total. The Morgan fingerprint density at radius 3 is 2.38 bits per heavy atom. The van der Waals surface area contributed by atoms with Gasteiger partial charge in [-0.15, -0.1) is 0 Å². The molecule has 3 aromatic rings. The third-order valence-electron chi connectivity index (χ3n) is 5.57. The number of oxazole rings is 1. The Kier molecular flexibility index (Phi) is 8.35. The Balaban J connectivity index is 1.45. The summed E-state index contributed by atoms with van der Waals surface area (Å²) in [6, 6.07) is 8.34. The summed E-state index contributed by atoms with van der Waals surface area (Å²) in [5.74, 6) is 1.76. The number of carbonyl (C=O) groups is 1. The van der Waals surface area contributed by atoms with E-state index >= 15 is 0 Å². The van der Waals surface area contributed by atoms with Crippen LogP contribution in [0.25, 0.3) is 11.2 Å². The Labute approximate surface area is 195 Å². The lowest BCUT2D eigenvalue weighted by molar-refractivity contribution is -0.116. The molecule has 0 atom stereocenters. The molecular weight excluding hydrogens is 418 g/mol. The van der Waals surface area contributed by atoms with Gasteiger partial charge in [-0.1, -0.05) is 64.1 Å². The third kappa shape index (κ3) is 6.12. The van der Waals surface area contributed by atoms with Crippen LogP contribution in [0.4, 0.5) is 5.69 Å². The van der Waals surface area contributed by atoms with Crippen LogP contribution in [0.15, 0.2) is 33.9 Å². The van der Waals surface area contributed by atoms with Crippen molar-refractivity contribution >= 4 is 34.6 Å². The van der Waals surface area contributed by atoms with Crippen molar-refractivity contribution in [1.82, 2.24) is 9.97 Å². The smallest absolute Gasteiger partial charge is 0.258 e. The summed E-state index contributed by atoms with van der Waals surface area (Å²) in [6.45, 7) is 12.7. The second-order valence-corrected chi connectivity index (χ2v) is 10.1.